The number of nitrogens with zero attached hydrogens (tertiary/aromatic N) is 2. The zero-order valence-electron chi connectivity index (χ0n) is 16.5. The van der Waals surface area contributed by atoms with Gasteiger partial charge >= 0.3 is 5.97 Å². The topological polar surface area (TPSA) is 82.1 Å². The molecule has 27 heavy (non-hydrogen) atoms. The summed E-state index contributed by atoms with van der Waals surface area (Å²) >= 11 is 0. The van der Waals surface area contributed by atoms with Crippen LogP contribution in [0.4, 0.5) is 5.69 Å². The van der Waals surface area contributed by atoms with Crippen LogP contribution in [0.5, 0.6) is 5.75 Å². The molecule has 7 nitrogen and oxygen atoms in total. The lowest BCUT2D eigenvalue weighted by Crippen LogP contribution is -2.43. The molecule has 150 valence electrons. The molecule has 2 N–H and O–H groups in total. The molecule has 2 atom stereocenters. The lowest BCUT2D eigenvalue weighted by Gasteiger charge is -2.28. The first kappa shape index (κ1) is 21.2. The second kappa shape index (κ2) is 10.3. The van der Waals surface area contributed by atoms with E-state index in [1.165, 1.54) is 0 Å². The maximum absolute atomic E-state index is 12.7. The van der Waals surface area contributed by atoms with Crippen molar-refractivity contribution in [1.29, 1.82) is 0 Å². The Morgan fingerprint density at radius 2 is 2.07 bits per heavy atom. The zero-order valence-corrected chi connectivity index (χ0v) is 16.5. The number of likely N-dealkylation sites (tertiary alicyclic amines) is 1. The number of likely N-dealkylation sites (N-methyl/N-ethyl adjacent to an activating group) is 1. The number of anilines is 1. The first-order valence-electron chi connectivity index (χ1n) is 9.61. The van der Waals surface area contributed by atoms with Crippen molar-refractivity contribution in [2.24, 2.45) is 0 Å². The first-order chi connectivity index (χ1) is 12.9. The quantitative estimate of drug-likeness (QED) is 0.723. The first-order valence-corrected chi connectivity index (χ1v) is 9.61. The second-order valence-electron chi connectivity index (χ2n) is 7.02. The number of carboxylic acid groups (broad SMARTS) is 1. The Labute approximate surface area is 161 Å². The standard InChI is InChI=1S/C20H31N3O4/c1-4-27-18-10-6-5-9-17(18)21-20(26)15(2)23-12-7-8-16(11-13-23)22(3)14-19(24)25/h5-6,9-10,15-16H,4,7-8,11-14H2,1-3H3,(H,21,26)(H,24,25). The van der Waals surface area contributed by atoms with Gasteiger partial charge in [0.05, 0.1) is 24.9 Å². The Kier molecular flexibility index (Phi) is 8.06. The van der Waals surface area contributed by atoms with Crippen molar-refractivity contribution >= 4 is 17.6 Å². The number of carbonyl (C=O) groups excluding carboxylic acids is 1. The van der Waals surface area contributed by atoms with Gasteiger partial charge in [0.1, 0.15) is 5.75 Å². The highest BCUT2D eigenvalue weighted by atomic mass is 16.5. The minimum Gasteiger partial charge on any atom is -0.492 e. The van der Waals surface area contributed by atoms with Crippen LogP contribution < -0.4 is 10.1 Å². The van der Waals surface area contributed by atoms with Crippen molar-refractivity contribution in [1.82, 2.24) is 9.80 Å². The van der Waals surface area contributed by atoms with Crippen LogP contribution in [0.3, 0.4) is 0 Å². The lowest BCUT2D eigenvalue weighted by molar-refractivity contribution is -0.138. The third-order valence-corrected chi connectivity index (χ3v) is 5.11. The van der Waals surface area contributed by atoms with Crippen LogP contribution in [0.15, 0.2) is 24.3 Å². The number of para-hydroxylation sites is 2. The predicted octanol–water partition coefficient (Wildman–Crippen LogP) is 2.28. The number of aliphatic carboxylic acids is 1. The molecule has 1 aromatic rings. The molecule has 1 aromatic carbocycles. The number of hydrogen-bond donors (Lipinski definition) is 2. The van der Waals surface area contributed by atoms with Crippen molar-refractivity contribution in [3.05, 3.63) is 24.3 Å². The number of hydrogen-bond acceptors (Lipinski definition) is 5. The van der Waals surface area contributed by atoms with Gasteiger partial charge in [-0.3, -0.25) is 19.4 Å². The number of carbonyl (C=O) groups is 2. The van der Waals surface area contributed by atoms with Gasteiger partial charge in [0, 0.05) is 12.6 Å². The van der Waals surface area contributed by atoms with Gasteiger partial charge < -0.3 is 15.2 Å². The summed E-state index contributed by atoms with van der Waals surface area (Å²) in [5, 5.41) is 12.0. The van der Waals surface area contributed by atoms with Crippen molar-refractivity contribution < 1.29 is 19.4 Å². The summed E-state index contributed by atoms with van der Waals surface area (Å²) in [5.74, 6) is -0.189. The van der Waals surface area contributed by atoms with E-state index >= 15 is 0 Å². The zero-order chi connectivity index (χ0) is 19.8. The van der Waals surface area contributed by atoms with E-state index in [1.54, 1.807) is 0 Å². The van der Waals surface area contributed by atoms with Crippen LogP contribution in [0.1, 0.15) is 33.1 Å². The van der Waals surface area contributed by atoms with Gasteiger partial charge in [0.25, 0.3) is 0 Å². The molecule has 1 saturated heterocycles. The van der Waals surface area contributed by atoms with Crippen molar-refractivity contribution in [2.75, 3.05) is 38.6 Å². The fourth-order valence-corrected chi connectivity index (χ4v) is 3.53. The molecule has 7 heteroatoms. The van der Waals surface area contributed by atoms with E-state index in [2.05, 4.69) is 10.2 Å². The molecule has 1 aliphatic rings. The molecule has 2 unspecified atom stereocenters. The number of carboxylic acids is 1. The molecule has 0 aromatic heterocycles. The summed E-state index contributed by atoms with van der Waals surface area (Å²) in [6.07, 6.45) is 2.75. The molecule has 0 spiro atoms. The Bertz CT molecular complexity index is 637. The SMILES string of the molecule is CCOc1ccccc1NC(=O)C(C)N1CCCC(N(C)CC(=O)O)CC1. The lowest BCUT2D eigenvalue weighted by atomic mass is 10.1. The Balaban J connectivity index is 1.94. The summed E-state index contributed by atoms with van der Waals surface area (Å²) in [4.78, 5) is 27.7. The summed E-state index contributed by atoms with van der Waals surface area (Å²) in [6.45, 7) is 6.03. The molecule has 0 saturated carbocycles. The maximum atomic E-state index is 12.7. The van der Waals surface area contributed by atoms with E-state index < -0.39 is 5.97 Å². The summed E-state index contributed by atoms with van der Waals surface area (Å²) in [7, 11) is 1.86. The number of rotatable bonds is 8. The van der Waals surface area contributed by atoms with E-state index in [4.69, 9.17) is 9.84 Å². The molecule has 0 bridgehead atoms. The van der Waals surface area contributed by atoms with Crippen LogP contribution in [-0.2, 0) is 9.59 Å². The van der Waals surface area contributed by atoms with Crippen LogP contribution in [0.25, 0.3) is 0 Å². The predicted molar refractivity (Wildman–Crippen MR) is 105 cm³/mol. The highest BCUT2D eigenvalue weighted by Crippen LogP contribution is 2.24. The van der Waals surface area contributed by atoms with E-state index in [0.29, 0.717) is 18.0 Å². The highest BCUT2D eigenvalue weighted by Gasteiger charge is 2.27. The molecule has 1 fully saturated rings. The Morgan fingerprint density at radius 1 is 1.33 bits per heavy atom. The fourth-order valence-electron chi connectivity index (χ4n) is 3.53. The normalized spacial score (nSPS) is 19.3. The van der Waals surface area contributed by atoms with Gasteiger partial charge in [-0.25, -0.2) is 0 Å². The number of amides is 1. The molecule has 2 rings (SSSR count). The third-order valence-electron chi connectivity index (χ3n) is 5.11. The average molecular weight is 377 g/mol. The monoisotopic (exact) mass is 377 g/mol. The third kappa shape index (κ3) is 6.22. The van der Waals surface area contributed by atoms with Crippen molar-refractivity contribution in [2.45, 2.75) is 45.2 Å². The van der Waals surface area contributed by atoms with Crippen LogP contribution in [0, 0.1) is 0 Å². The van der Waals surface area contributed by atoms with Crippen molar-refractivity contribution in [3.63, 3.8) is 0 Å². The van der Waals surface area contributed by atoms with E-state index in [1.807, 2.05) is 50.1 Å². The smallest absolute Gasteiger partial charge is 0.317 e. The molecule has 1 amide bonds. The Hall–Kier alpha value is -2.12. The minimum absolute atomic E-state index is 0.0505. The number of benzene rings is 1. The summed E-state index contributed by atoms with van der Waals surface area (Å²) in [5.41, 5.74) is 0.685. The van der Waals surface area contributed by atoms with Gasteiger partial charge in [-0.15, -0.1) is 0 Å². The van der Waals surface area contributed by atoms with E-state index in [9.17, 15) is 9.59 Å². The van der Waals surface area contributed by atoms with Gasteiger partial charge in [-0.1, -0.05) is 12.1 Å². The average Bonchev–Trinajstić information content (AvgIpc) is 2.88. The fraction of sp³-hybridized carbons (Fsp3) is 0.600. The second-order valence-corrected chi connectivity index (χ2v) is 7.02. The minimum atomic E-state index is -0.806. The van der Waals surface area contributed by atoms with E-state index in [0.717, 1.165) is 32.4 Å². The van der Waals surface area contributed by atoms with Gasteiger partial charge in [-0.05, 0) is 58.8 Å². The Morgan fingerprint density at radius 3 is 2.78 bits per heavy atom. The largest absolute Gasteiger partial charge is 0.492 e. The highest BCUT2D eigenvalue weighted by molar-refractivity contribution is 5.95. The van der Waals surface area contributed by atoms with Gasteiger partial charge in [0.2, 0.25) is 5.91 Å². The van der Waals surface area contributed by atoms with Crippen LogP contribution in [0.2, 0.25) is 0 Å². The molecule has 1 aliphatic heterocycles. The van der Waals surface area contributed by atoms with E-state index in [-0.39, 0.29) is 24.5 Å². The molecular weight excluding hydrogens is 346 g/mol. The summed E-state index contributed by atoms with van der Waals surface area (Å²) in [6, 6.07) is 7.42. The maximum Gasteiger partial charge on any atom is 0.317 e. The molecule has 0 radical (unpaired) electrons. The number of nitrogens with one attached hydrogen (secondary N) is 1. The van der Waals surface area contributed by atoms with Gasteiger partial charge in [-0.2, -0.15) is 0 Å². The molecule has 1 heterocycles. The van der Waals surface area contributed by atoms with Crippen LogP contribution >= 0.6 is 0 Å². The van der Waals surface area contributed by atoms with Gasteiger partial charge in [0.15, 0.2) is 0 Å². The molecular formula is C20H31N3O4. The van der Waals surface area contributed by atoms with Crippen molar-refractivity contribution in [3.8, 4) is 5.75 Å². The summed E-state index contributed by atoms with van der Waals surface area (Å²) < 4.78 is 5.57. The molecule has 0 aliphatic carbocycles. The van der Waals surface area contributed by atoms with Crippen LogP contribution in [-0.4, -0.2) is 72.2 Å². The number of ether oxygens (including phenoxy) is 1.